The first-order chi connectivity index (χ1) is 9.06. The highest BCUT2D eigenvalue weighted by Gasteiger charge is 2.13. The number of hydrogen-bond donors (Lipinski definition) is 0. The van der Waals surface area contributed by atoms with Gasteiger partial charge in [-0.3, -0.25) is 9.59 Å². The summed E-state index contributed by atoms with van der Waals surface area (Å²) in [4.78, 5) is 24.6. The van der Waals surface area contributed by atoms with E-state index in [2.05, 4.69) is 0 Å². The lowest BCUT2D eigenvalue weighted by atomic mass is 10.2. The molecule has 100 valence electrons. The first-order valence-corrected chi connectivity index (χ1v) is 6.42. The lowest BCUT2D eigenvalue weighted by Crippen LogP contribution is -2.29. The minimum atomic E-state index is -0.00294. The van der Waals surface area contributed by atoms with Crippen molar-refractivity contribution in [3.63, 3.8) is 0 Å². The van der Waals surface area contributed by atoms with Crippen molar-refractivity contribution in [1.82, 2.24) is 9.47 Å². The van der Waals surface area contributed by atoms with Gasteiger partial charge in [-0.2, -0.15) is 0 Å². The van der Waals surface area contributed by atoms with Crippen molar-refractivity contribution < 1.29 is 9.59 Å². The topological polar surface area (TPSA) is 42.3 Å². The lowest BCUT2D eigenvalue weighted by molar-refractivity contribution is -0.130. The van der Waals surface area contributed by atoms with E-state index >= 15 is 0 Å². The molecule has 0 radical (unpaired) electrons. The molecule has 0 N–H and O–H groups in total. The summed E-state index contributed by atoms with van der Waals surface area (Å²) >= 11 is 5.97. The number of aldehydes is 1. The van der Waals surface area contributed by atoms with Crippen LogP contribution in [0.2, 0.25) is 5.02 Å². The quantitative estimate of drug-likeness (QED) is 0.807. The minimum Gasteiger partial charge on any atom is -0.344 e. The molecule has 0 spiro atoms. The number of benzene rings is 1. The van der Waals surface area contributed by atoms with Crippen LogP contribution in [-0.2, 0) is 11.3 Å². The number of rotatable bonds is 4. The zero-order valence-electron chi connectivity index (χ0n) is 10.9. The maximum Gasteiger partial charge on any atom is 0.242 e. The number of likely N-dealkylation sites (N-methyl/N-ethyl adjacent to an activating group) is 1. The normalized spacial score (nSPS) is 10.7. The van der Waals surface area contributed by atoms with Crippen molar-refractivity contribution in [1.29, 1.82) is 0 Å². The van der Waals surface area contributed by atoms with Crippen LogP contribution in [0, 0.1) is 0 Å². The van der Waals surface area contributed by atoms with Crippen molar-refractivity contribution in [2.75, 3.05) is 13.6 Å². The third kappa shape index (κ3) is 2.63. The van der Waals surface area contributed by atoms with Crippen LogP contribution in [0.25, 0.3) is 10.9 Å². The first kappa shape index (κ1) is 13.6. The molecule has 1 aromatic heterocycles. The van der Waals surface area contributed by atoms with E-state index in [1.807, 2.05) is 6.92 Å². The Bertz CT molecular complexity index is 634. The van der Waals surface area contributed by atoms with Gasteiger partial charge in [-0.05, 0) is 19.1 Å². The second-order valence-electron chi connectivity index (χ2n) is 4.40. The molecule has 4 nitrogen and oxygen atoms in total. The Morgan fingerprint density at radius 3 is 2.84 bits per heavy atom. The molecule has 0 aliphatic heterocycles. The highest BCUT2D eigenvalue weighted by atomic mass is 35.5. The third-order valence-corrected chi connectivity index (χ3v) is 3.44. The Morgan fingerprint density at radius 2 is 2.21 bits per heavy atom. The molecule has 0 aliphatic rings. The van der Waals surface area contributed by atoms with E-state index in [4.69, 9.17) is 11.6 Å². The van der Waals surface area contributed by atoms with Crippen LogP contribution in [0.3, 0.4) is 0 Å². The van der Waals surface area contributed by atoms with E-state index in [-0.39, 0.29) is 12.5 Å². The Kier molecular flexibility index (Phi) is 3.90. The van der Waals surface area contributed by atoms with Crippen molar-refractivity contribution in [3.05, 3.63) is 35.0 Å². The molecule has 1 amide bonds. The molecule has 0 fully saturated rings. The number of carbonyl (C=O) groups is 2. The summed E-state index contributed by atoms with van der Waals surface area (Å²) in [5.41, 5.74) is 1.37. The third-order valence-electron chi connectivity index (χ3n) is 3.21. The van der Waals surface area contributed by atoms with Gasteiger partial charge in [-0.1, -0.05) is 17.7 Å². The molecule has 19 heavy (non-hydrogen) atoms. The van der Waals surface area contributed by atoms with Crippen LogP contribution >= 0.6 is 11.6 Å². The Morgan fingerprint density at radius 1 is 1.47 bits per heavy atom. The van der Waals surface area contributed by atoms with Crippen LogP contribution in [0.15, 0.2) is 24.4 Å². The van der Waals surface area contributed by atoms with Crippen molar-refractivity contribution in [3.8, 4) is 0 Å². The van der Waals surface area contributed by atoms with Gasteiger partial charge in [0.05, 0.1) is 5.52 Å². The molecule has 0 atom stereocenters. The molecule has 2 rings (SSSR count). The maximum absolute atomic E-state index is 12.0. The van der Waals surface area contributed by atoms with E-state index in [0.29, 0.717) is 17.1 Å². The molecule has 0 bridgehead atoms. The summed E-state index contributed by atoms with van der Waals surface area (Å²) < 4.78 is 1.76. The van der Waals surface area contributed by atoms with Gasteiger partial charge in [-0.25, -0.2) is 0 Å². The number of aromatic nitrogens is 1. The van der Waals surface area contributed by atoms with Gasteiger partial charge in [0.15, 0.2) is 6.29 Å². The van der Waals surface area contributed by atoms with Gasteiger partial charge in [0.25, 0.3) is 0 Å². The standard InChI is InChI=1S/C14H15ClN2O2/c1-3-16(2)14(19)8-17-7-10(9-18)12-5-4-11(15)6-13(12)17/h4-7,9H,3,8H2,1-2H3. The number of hydrogen-bond acceptors (Lipinski definition) is 2. The van der Waals surface area contributed by atoms with E-state index in [1.54, 1.807) is 40.9 Å². The zero-order chi connectivity index (χ0) is 14.0. The molecule has 0 saturated heterocycles. The lowest BCUT2D eigenvalue weighted by Gasteiger charge is -2.15. The predicted molar refractivity (Wildman–Crippen MR) is 75.6 cm³/mol. The van der Waals surface area contributed by atoms with Gasteiger partial charge < -0.3 is 9.47 Å². The number of amides is 1. The fourth-order valence-corrected chi connectivity index (χ4v) is 2.13. The number of nitrogens with zero attached hydrogens (tertiary/aromatic N) is 2. The number of carbonyl (C=O) groups excluding carboxylic acids is 2. The Labute approximate surface area is 116 Å². The Hall–Kier alpha value is -1.81. The molecule has 5 heteroatoms. The van der Waals surface area contributed by atoms with Gasteiger partial charge in [0, 0.05) is 35.8 Å². The van der Waals surface area contributed by atoms with E-state index in [0.717, 1.165) is 17.2 Å². The van der Waals surface area contributed by atoms with Crippen molar-refractivity contribution >= 4 is 34.7 Å². The maximum atomic E-state index is 12.0. The summed E-state index contributed by atoms with van der Waals surface area (Å²) in [6.45, 7) is 2.77. The van der Waals surface area contributed by atoms with Gasteiger partial charge in [0.1, 0.15) is 6.54 Å². The second kappa shape index (κ2) is 5.45. The average molecular weight is 279 g/mol. The predicted octanol–water partition coefficient (Wildman–Crippen LogP) is 2.59. The minimum absolute atomic E-state index is 0.00294. The molecule has 0 saturated carbocycles. The van der Waals surface area contributed by atoms with Gasteiger partial charge >= 0.3 is 0 Å². The van der Waals surface area contributed by atoms with Crippen LogP contribution in [0.5, 0.6) is 0 Å². The van der Waals surface area contributed by atoms with Crippen LogP contribution in [0.1, 0.15) is 17.3 Å². The number of fused-ring (bicyclic) bond motifs is 1. The molecule has 1 heterocycles. The smallest absolute Gasteiger partial charge is 0.242 e. The fraction of sp³-hybridized carbons (Fsp3) is 0.286. The zero-order valence-corrected chi connectivity index (χ0v) is 11.6. The van der Waals surface area contributed by atoms with Crippen LogP contribution < -0.4 is 0 Å². The highest BCUT2D eigenvalue weighted by Crippen LogP contribution is 2.24. The Balaban J connectivity index is 2.45. The summed E-state index contributed by atoms with van der Waals surface area (Å²) in [6.07, 6.45) is 2.48. The monoisotopic (exact) mass is 278 g/mol. The summed E-state index contributed by atoms with van der Waals surface area (Å²) in [5, 5.41) is 1.40. The molecule has 1 aromatic carbocycles. The molecule has 2 aromatic rings. The second-order valence-corrected chi connectivity index (χ2v) is 4.84. The SMILES string of the molecule is CCN(C)C(=O)Cn1cc(C=O)c2ccc(Cl)cc21. The van der Waals surface area contributed by atoms with E-state index in [9.17, 15) is 9.59 Å². The van der Waals surface area contributed by atoms with Crippen molar-refractivity contribution in [2.24, 2.45) is 0 Å². The fourth-order valence-electron chi connectivity index (χ4n) is 1.96. The summed E-state index contributed by atoms with van der Waals surface area (Å²) in [5.74, 6) is -0.00294. The molecular weight excluding hydrogens is 264 g/mol. The van der Waals surface area contributed by atoms with E-state index < -0.39 is 0 Å². The molecular formula is C14H15ClN2O2. The van der Waals surface area contributed by atoms with Gasteiger partial charge in [-0.15, -0.1) is 0 Å². The molecule has 0 aliphatic carbocycles. The molecule has 0 unspecified atom stereocenters. The highest BCUT2D eigenvalue weighted by molar-refractivity contribution is 6.31. The summed E-state index contributed by atoms with van der Waals surface area (Å²) in [7, 11) is 1.75. The first-order valence-electron chi connectivity index (χ1n) is 6.04. The van der Waals surface area contributed by atoms with Crippen LogP contribution in [-0.4, -0.2) is 35.3 Å². The number of halogens is 1. The van der Waals surface area contributed by atoms with Gasteiger partial charge in [0.2, 0.25) is 5.91 Å². The largest absolute Gasteiger partial charge is 0.344 e. The van der Waals surface area contributed by atoms with E-state index in [1.165, 1.54) is 0 Å². The average Bonchev–Trinajstić information content (AvgIpc) is 2.75. The van der Waals surface area contributed by atoms with Crippen molar-refractivity contribution in [2.45, 2.75) is 13.5 Å². The summed E-state index contributed by atoms with van der Waals surface area (Å²) in [6, 6.07) is 5.30. The van der Waals surface area contributed by atoms with Crippen LogP contribution in [0.4, 0.5) is 0 Å².